The Bertz CT molecular complexity index is 369. The van der Waals surface area contributed by atoms with Crippen molar-refractivity contribution < 1.29 is 5.11 Å². The number of aliphatic hydroxyl groups excluding tert-OH is 1. The van der Waals surface area contributed by atoms with Crippen LogP contribution in [0.1, 0.15) is 19.4 Å². The first-order chi connectivity index (χ1) is 8.54. The zero-order valence-electron chi connectivity index (χ0n) is 11.4. The molecule has 102 valence electrons. The van der Waals surface area contributed by atoms with Crippen molar-refractivity contribution >= 4 is 17.3 Å². The number of hydrogen-bond donors (Lipinski definition) is 2. The van der Waals surface area contributed by atoms with E-state index in [2.05, 4.69) is 19.2 Å². The Morgan fingerprint density at radius 1 is 1.39 bits per heavy atom. The standard InChI is InChI=1S/C14H23ClN2O/c1-11(2)9-16-10-12-4-5-13(8-14(12)15)17(3)6-7-18/h4-5,8,11,16,18H,6-7,9-10H2,1-3H3. The van der Waals surface area contributed by atoms with Crippen molar-refractivity contribution in [2.45, 2.75) is 20.4 Å². The van der Waals surface area contributed by atoms with Crippen LogP contribution in [0.3, 0.4) is 0 Å². The molecule has 0 amide bonds. The fourth-order valence-electron chi connectivity index (χ4n) is 1.69. The van der Waals surface area contributed by atoms with Gasteiger partial charge in [-0.15, -0.1) is 0 Å². The van der Waals surface area contributed by atoms with E-state index in [1.807, 2.05) is 30.1 Å². The average Bonchev–Trinajstić information content (AvgIpc) is 2.31. The Morgan fingerprint density at radius 2 is 2.11 bits per heavy atom. The Labute approximate surface area is 115 Å². The van der Waals surface area contributed by atoms with Gasteiger partial charge in [-0.2, -0.15) is 0 Å². The topological polar surface area (TPSA) is 35.5 Å². The minimum Gasteiger partial charge on any atom is -0.395 e. The highest BCUT2D eigenvalue weighted by Crippen LogP contribution is 2.23. The third kappa shape index (κ3) is 4.84. The monoisotopic (exact) mass is 270 g/mol. The fraction of sp³-hybridized carbons (Fsp3) is 0.571. The minimum atomic E-state index is 0.145. The lowest BCUT2D eigenvalue weighted by Crippen LogP contribution is -2.21. The van der Waals surface area contributed by atoms with E-state index in [9.17, 15) is 0 Å². The van der Waals surface area contributed by atoms with Gasteiger partial charge in [0.15, 0.2) is 0 Å². The number of nitrogens with zero attached hydrogens (tertiary/aromatic N) is 1. The molecule has 0 atom stereocenters. The smallest absolute Gasteiger partial charge is 0.0606 e. The van der Waals surface area contributed by atoms with Gasteiger partial charge in [0.05, 0.1) is 6.61 Å². The minimum absolute atomic E-state index is 0.145. The lowest BCUT2D eigenvalue weighted by molar-refractivity contribution is 0.304. The van der Waals surface area contributed by atoms with Crippen molar-refractivity contribution in [1.29, 1.82) is 0 Å². The van der Waals surface area contributed by atoms with Crippen LogP contribution in [0, 0.1) is 5.92 Å². The number of rotatable bonds is 7. The van der Waals surface area contributed by atoms with Gasteiger partial charge in [-0.3, -0.25) is 0 Å². The molecule has 0 aliphatic rings. The summed E-state index contributed by atoms with van der Waals surface area (Å²) in [6.07, 6.45) is 0. The molecule has 18 heavy (non-hydrogen) atoms. The summed E-state index contributed by atoms with van der Waals surface area (Å²) in [5.41, 5.74) is 2.14. The van der Waals surface area contributed by atoms with E-state index < -0.39 is 0 Å². The molecule has 0 saturated heterocycles. The van der Waals surface area contributed by atoms with Crippen LogP contribution in [0.2, 0.25) is 5.02 Å². The average molecular weight is 271 g/mol. The Morgan fingerprint density at radius 3 is 2.67 bits per heavy atom. The molecular formula is C14H23ClN2O. The van der Waals surface area contributed by atoms with E-state index in [-0.39, 0.29) is 6.61 Å². The van der Waals surface area contributed by atoms with E-state index in [1.54, 1.807) is 0 Å². The maximum atomic E-state index is 8.91. The zero-order valence-corrected chi connectivity index (χ0v) is 12.2. The summed E-state index contributed by atoms with van der Waals surface area (Å²) in [6.45, 7) is 6.90. The van der Waals surface area contributed by atoms with Crippen molar-refractivity contribution in [3.05, 3.63) is 28.8 Å². The number of hydrogen-bond acceptors (Lipinski definition) is 3. The van der Waals surface area contributed by atoms with Gasteiger partial charge in [0.1, 0.15) is 0 Å². The second-order valence-electron chi connectivity index (χ2n) is 4.95. The molecule has 0 heterocycles. The number of nitrogens with one attached hydrogen (secondary N) is 1. The summed E-state index contributed by atoms with van der Waals surface area (Å²) >= 11 is 6.26. The predicted octanol–water partition coefficient (Wildman–Crippen LogP) is 2.51. The summed E-state index contributed by atoms with van der Waals surface area (Å²) in [4.78, 5) is 1.98. The Balaban J connectivity index is 2.62. The lowest BCUT2D eigenvalue weighted by atomic mass is 10.1. The molecule has 2 N–H and O–H groups in total. The molecular weight excluding hydrogens is 248 g/mol. The van der Waals surface area contributed by atoms with Gasteiger partial charge in [-0.1, -0.05) is 31.5 Å². The highest BCUT2D eigenvalue weighted by atomic mass is 35.5. The highest BCUT2D eigenvalue weighted by molar-refractivity contribution is 6.31. The quantitative estimate of drug-likeness (QED) is 0.799. The van der Waals surface area contributed by atoms with Crippen LogP contribution in [0.25, 0.3) is 0 Å². The summed E-state index contributed by atoms with van der Waals surface area (Å²) in [5.74, 6) is 0.638. The first-order valence-electron chi connectivity index (χ1n) is 6.35. The normalized spacial score (nSPS) is 11.0. The second kappa shape index (κ2) is 7.62. The molecule has 0 aromatic heterocycles. The van der Waals surface area contributed by atoms with Gasteiger partial charge in [-0.25, -0.2) is 0 Å². The Kier molecular flexibility index (Phi) is 6.47. The van der Waals surface area contributed by atoms with Crippen molar-refractivity contribution in [1.82, 2.24) is 5.32 Å². The number of likely N-dealkylation sites (N-methyl/N-ethyl adjacent to an activating group) is 1. The van der Waals surface area contributed by atoms with Gasteiger partial charge in [0.25, 0.3) is 0 Å². The van der Waals surface area contributed by atoms with E-state index in [0.29, 0.717) is 12.5 Å². The zero-order chi connectivity index (χ0) is 13.5. The third-order valence-electron chi connectivity index (χ3n) is 2.78. The van der Waals surface area contributed by atoms with Crippen LogP contribution < -0.4 is 10.2 Å². The van der Waals surface area contributed by atoms with Gasteiger partial charge < -0.3 is 15.3 Å². The van der Waals surface area contributed by atoms with Crippen LogP contribution in [-0.4, -0.2) is 31.9 Å². The molecule has 0 radical (unpaired) electrons. The maximum Gasteiger partial charge on any atom is 0.0606 e. The molecule has 1 rings (SSSR count). The van der Waals surface area contributed by atoms with Crippen molar-refractivity contribution in [3.8, 4) is 0 Å². The summed E-state index contributed by atoms with van der Waals surface area (Å²) in [5, 5.41) is 13.1. The predicted molar refractivity (Wildman–Crippen MR) is 78.4 cm³/mol. The maximum absolute atomic E-state index is 8.91. The van der Waals surface area contributed by atoms with Crippen LogP contribution in [0.5, 0.6) is 0 Å². The molecule has 0 spiro atoms. The van der Waals surface area contributed by atoms with Gasteiger partial charge >= 0.3 is 0 Å². The van der Waals surface area contributed by atoms with Gasteiger partial charge in [0, 0.05) is 30.8 Å². The molecule has 0 unspecified atom stereocenters. The number of anilines is 1. The van der Waals surface area contributed by atoms with E-state index in [1.165, 1.54) is 0 Å². The summed E-state index contributed by atoms with van der Waals surface area (Å²) in [7, 11) is 1.94. The van der Waals surface area contributed by atoms with Gasteiger partial charge in [0.2, 0.25) is 0 Å². The van der Waals surface area contributed by atoms with E-state index in [4.69, 9.17) is 16.7 Å². The lowest BCUT2D eigenvalue weighted by Gasteiger charge is -2.19. The van der Waals surface area contributed by atoms with Crippen molar-refractivity contribution in [2.75, 3.05) is 31.6 Å². The molecule has 0 aliphatic carbocycles. The van der Waals surface area contributed by atoms with Crippen LogP contribution in [0.4, 0.5) is 5.69 Å². The second-order valence-corrected chi connectivity index (χ2v) is 5.35. The molecule has 0 saturated carbocycles. The molecule has 1 aromatic carbocycles. The Hall–Kier alpha value is -0.770. The van der Waals surface area contributed by atoms with Crippen molar-refractivity contribution in [2.24, 2.45) is 5.92 Å². The number of halogens is 1. The van der Waals surface area contributed by atoms with Crippen LogP contribution in [-0.2, 0) is 6.54 Å². The molecule has 0 aliphatic heterocycles. The van der Waals surface area contributed by atoms with E-state index in [0.717, 1.165) is 29.4 Å². The summed E-state index contributed by atoms with van der Waals surface area (Å²) < 4.78 is 0. The third-order valence-corrected chi connectivity index (χ3v) is 3.13. The SMILES string of the molecule is CC(C)CNCc1ccc(N(C)CCO)cc1Cl. The number of aliphatic hydroxyl groups is 1. The molecule has 0 bridgehead atoms. The summed E-state index contributed by atoms with van der Waals surface area (Å²) in [6, 6.07) is 6.02. The first kappa shape index (κ1) is 15.3. The van der Waals surface area contributed by atoms with E-state index >= 15 is 0 Å². The molecule has 1 aromatic rings. The molecule has 0 fully saturated rings. The number of benzene rings is 1. The molecule has 4 heteroatoms. The van der Waals surface area contributed by atoms with Crippen LogP contribution in [0.15, 0.2) is 18.2 Å². The first-order valence-corrected chi connectivity index (χ1v) is 6.73. The van der Waals surface area contributed by atoms with Crippen molar-refractivity contribution in [3.63, 3.8) is 0 Å². The molecule has 3 nitrogen and oxygen atoms in total. The van der Waals surface area contributed by atoms with Crippen LogP contribution >= 0.6 is 11.6 Å². The largest absolute Gasteiger partial charge is 0.395 e. The highest BCUT2D eigenvalue weighted by Gasteiger charge is 2.05. The van der Waals surface area contributed by atoms with Gasteiger partial charge in [-0.05, 0) is 30.2 Å². The fourth-order valence-corrected chi connectivity index (χ4v) is 1.93.